The highest BCUT2D eigenvalue weighted by atomic mass is 19.1. The van der Waals surface area contributed by atoms with Crippen LogP contribution in [0.25, 0.3) is 0 Å². The monoisotopic (exact) mass is 257 g/mol. The minimum absolute atomic E-state index is 0.0489. The van der Waals surface area contributed by atoms with Crippen LogP contribution in [0.1, 0.15) is 29.6 Å². The number of halogens is 2. The molecule has 0 saturated heterocycles. The number of nitrogens with one attached hydrogen (secondary N) is 1. The average Bonchev–Trinajstić information content (AvgIpc) is 2.25. The van der Waals surface area contributed by atoms with Crippen LogP contribution in [0.3, 0.4) is 0 Å². The predicted molar refractivity (Wildman–Crippen MR) is 60.6 cm³/mol. The summed E-state index contributed by atoms with van der Waals surface area (Å²) in [5.74, 6) is -3.34. The summed E-state index contributed by atoms with van der Waals surface area (Å²) in [7, 11) is 0. The summed E-state index contributed by atoms with van der Waals surface area (Å²) in [6, 6.07) is 1.50. The third kappa shape index (κ3) is 2.43. The van der Waals surface area contributed by atoms with Gasteiger partial charge in [0.15, 0.2) is 0 Å². The van der Waals surface area contributed by atoms with Crippen LogP contribution in [0.15, 0.2) is 12.1 Å². The number of aromatic carboxylic acids is 1. The second kappa shape index (κ2) is 4.53. The molecule has 0 spiro atoms. The molecule has 0 heterocycles. The Morgan fingerprint density at radius 1 is 1.33 bits per heavy atom. The summed E-state index contributed by atoms with van der Waals surface area (Å²) in [4.78, 5) is 10.6. The number of carbonyl (C=O) groups is 1. The molecule has 1 aromatic carbocycles. The van der Waals surface area contributed by atoms with Gasteiger partial charge >= 0.3 is 5.97 Å². The van der Waals surface area contributed by atoms with Crippen molar-refractivity contribution in [3.8, 4) is 0 Å². The van der Waals surface area contributed by atoms with Crippen molar-refractivity contribution >= 4 is 11.7 Å². The molecule has 1 aliphatic rings. The van der Waals surface area contributed by atoms with E-state index in [0.29, 0.717) is 12.8 Å². The van der Waals surface area contributed by atoms with Gasteiger partial charge in [0, 0.05) is 6.54 Å². The first-order valence-corrected chi connectivity index (χ1v) is 5.60. The molecule has 0 radical (unpaired) electrons. The number of anilines is 1. The first kappa shape index (κ1) is 12.8. The van der Waals surface area contributed by atoms with Gasteiger partial charge in [-0.3, -0.25) is 0 Å². The van der Waals surface area contributed by atoms with E-state index in [2.05, 4.69) is 5.32 Å². The second-order valence-electron chi connectivity index (χ2n) is 4.55. The van der Waals surface area contributed by atoms with E-state index in [9.17, 15) is 18.7 Å². The number of rotatable bonds is 4. The fraction of sp³-hybridized carbons (Fsp3) is 0.417. The van der Waals surface area contributed by atoms with Gasteiger partial charge in [0.25, 0.3) is 0 Å². The topological polar surface area (TPSA) is 69.6 Å². The van der Waals surface area contributed by atoms with Crippen LogP contribution in [0.4, 0.5) is 14.5 Å². The molecular weight excluding hydrogens is 244 g/mol. The smallest absolute Gasteiger partial charge is 0.335 e. The van der Waals surface area contributed by atoms with Crippen LogP contribution >= 0.6 is 0 Å². The zero-order valence-corrected chi connectivity index (χ0v) is 9.54. The Hall–Kier alpha value is -1.69. The molecule has 0 unspecified atom stereocenters. The Bertz CT molecular complexity index is 463. The fourth-order valence-corrected chi connectivity index (χ4v) is 1.88. The van der Waals surface area contributed by atoms with Crippen LogP contribution in [0.2, 0.25) is 0 Å². The molecule has 18 heavy (non-hydrogen) atoms. The first-order chi connectivity index (χ1) is 8.41. The molecule has 0 atom stereocenters. The summed E-state index contributed by atoms with van der Waals surface area (Å²) in [5, 5.41) is 20.9. The lowest BCUT2D eigenvalue weighted by Crippen LogP contribution is -2.43. The molecule has 98 valence electrons. The molecule has 4 nitrogen and oxygen atoms in total. The SMILES string of the molecule is O=C(O)c1cc(F)c(NCC2(O)CCC2)c(F)c1. The molecule has 2 rings (SSSR count). The maximum absolute atomic E-state index is 13.5. The van der Waals surface area contributed by atoms with E-state index in [1.807, 2.05) is 0 Å². The van der Waals surface area contributed by atoms with Crippen LogP contribution < -0.4 is 5.32 Å². The van der Waals surface area contributed by atoms with E-state index < -0.39 is 34.5 Å². The van der Waals surface area contributed by atoms with Crippen molar-refractivity contribution in [3.63, 3.8) is 0 Å². The zero-order valence-electron chi connectivity index (χ0n) is 9.54. The Morgan fingerprint density at radius 2 is 1.89 bits per heavy atom. The number of benzene rings is 1. The van der Waals surface area contributed by atoms with Gasteiger partial charge < -0.3 is 15.5 Å². The molecule has 0 amide bonds. The molecule has 0 aliphatic heterocycles. The lowest BCUT2D eigenvalue weighted by molar-refractivity contribution is -0.0202. The highest BCUT2D eigenvalue weighted by molar-refractivity contribution is 5.88. The van der Waals surface area contributed by atoms with Gasteiger partial charge in [-0.25, -0.2) is 13.6 Å². The van der Waals surface area contributed by atoms with Crippen molar-refractivity contribution in [2.45, 2.75) is 24.9 Å². The van der Waals surface area contributed by atoms with Gasteiger partial charge in [-0.2, -0.15) is 0 Å². The third-order valence-corrected chi connectivity index (χ3v) is 3.17. The lowest BCUT2D eigenvalue weighted by atomic mass is 9.80. The van der Waals surface area contributed by atoms with Crippen molar-refractivity contribution in [2.75, 3.05) is 11.9 Å². The van der Waals surface area contributed by atoms with Crippen LogP contribution in [0, 0.1) is 11.6 Å². The van der Waals surface area contributed by atoms with E-state index in [0.717, 1.165) is 18.6 Å². The molecule has 0 bridgehead atoms. The van der Waals surface area contributed by atoms with Gasteiger partial charge in [-0.1, -0.05) is 0 Å². The Morgan fingerprint density at radius 3 is 2.28 bits per heavy atom. The number of hydrogen-bond donors (Lipinski definition) is 3. The van der Waals surface area contributed by atoms with E-state index in [4.69, 9.17) is 5.11 Å². The van der Waals surface area contributed by atoms with Crippen LogP contribution in [-0.2, 0) is 0 Å². The van der Waals surface area contributed by atoms with E-state index >= 15 is 0 Å². The van der Waals surface area contributed by atoms with Gasteiger partial charge in [0.05, 0.1) is 11.2 Å². The zero-order chi connectivity index (χ0) is 13.3. The number of carboxylic acid groups (broad SMARTS) is 1. The summed E-state index contributed by atoms with van der Waals surface area (Å²) in [6.07, 6.45) is 2.08. The first-order valence-electron chi connectivity index (χ1n) is 5.60. The maximum atomic E-state index is 13.5. The number of aliphatic hydroxyl groups is 1. The van der Waals surface area contributed by atoms with E-state index in [1.54, 1.807) is 0 Å². The molecule has 6 heteroatoms. The molecule has 1 saturated carbocycles. The highest BCUT2D eigenvalue weighted by Gasteiger charge is 2.34. The quantitative estimate of drug-likeness (QED) is 0.771. The molecule has 3 N–H and O–H groups in total. The minimum atomic E-state index is -1.39. The summed E-state index contributed by atoms with van der Waals surface area (Å²) < 4.78 is 27.0. The predicted octanol–water partition coefficient (Wildman–Crippen LogP) is 1.99. The molecular formula is C12H13F2NO3. The Labute approximate surface area is 102 Å². The number of hydrogen-bond acceptors (Lipinski definition) is 3. The van der Waals surface area contributed by atoms with E-state index in [1.165, 1.54) is 0 Å². The average molecular weight is 257 g/mol. The molecule has 1 fully saturated rings. The molecule has 1 aliphatic carbocycles. The highest BCUT2D eigenvalue weighted by Crippen LogP contribution is 2.32. The van der Waals surface area contributed by atoms with Crippen LogP contribution in [0.5, 0.6) is 0 Å². The van der Waals surface area contributed by atoms with Crippen molar-refractivity contribution in [1.82, 2.24) is 0 Å². The summed E-state index contributed by atoms with van der Waals surface area (Å²) in [5.41, 5.74) is -1.76. The standard InChI is InChI=1S/C12H13F2NO3/c13-8-4-7(11(16)17)5-9(14)10(8)15-6-12(18)2-1-3-12/h4-5,15,18H,1-3,6H2,(H,16,17). The van der Waals surface area contributed by atoms with Crippen molar-refractivity contribution < 1.29 is 23.8 Å². The lowest BCUT2D eigenvalue weighted by Gasteiger charge is -2.36. The van der Waals surface area contributed by atoms with Gasteiger partial charge in [0.2, 0.25) is 0 Å². The Kier molecular flexibility index (Phi) is 3.21. The van der Waals surface area contributed by atoms with Crippen LogP contribution in [-0.4, -0.2) is 28.3 Å². The normalized spacial score (nSPS) is 17.1. The van der Waals surface area contributed by atoms with Gasteiger partial charge in [-0.15, -0.1) is 0 Å². The van der Waals surface area contributed by atoms with Crippen molar-refractivity contribution in [2.24, 2.45) is 0 Å². The Balaban J connectivity index is 2.15. The third-order valence-electron chi connectivity index (χ3n) is 3.17. The van der Waals surface area contributed by atoms with Gasteiger partial charge in [0.1, 0.15) is 17.3 Å². The number of carboxylic acids is 1. The summed E-state index contributed by atoms with van der Waals surface area (Å²) in [6.45, 7) is 0.0489. The maximum Gasteiger partial charge on any atom is 0.335 e. The fourth-order valence-electron chi connectivity index (χ4n) is 1.88. The van der Waals surface area contributed by atoms with Crippen molar-refractivity contribution in [3.05, 3.63) is 29.3 Å². The molecule has 0 aromatic heterocycles. The van der Waals surface area contributed by atoms with E-state index in [-0.39, 0.29) is 6.54 Å². The molecule has 1 aromatic rings. The largest absolute Gasteiger partial charge is 0.478 e. The van der Waals surface area contributed by atoms with Gasteiger partial charge in [-0.05, 0) is 31.4 Å². The minimum Gasteiger partial charge on any atom is -0.478 e. The second-order valence-corrected chi connectivity index (χ2v) is 4.55. The summed E-state index contributed by atoms with van der Waals surface area (Å²) >= 11 is 0. The van der Waals surface area contributed by atoms with Crippen molar-refractivity contribution in [1.29, 1.82) is 0 Å².